The number of halogens is 3. The minimum Gasteiger partial charge on any atom is -0.224 e. The van der Waals surface area contributed by atoms with E-state index in [9.17, 15) is 0 Å². The van der Waals surface area contributed by atoms with Crippen molar-refractivity contribution in [1.82, 2.24) is 4.98 Å². The molecule has 0 spiro atoms. The minimum atomic E-state index is 0.371. The number of alkyl halides is 1. The van der Waals surface area contributed by atoms with Crippen LogP contribution in [0.15, 0.2) is 12.1 Å². The lowest BCUT2D eigenvalue weighted by Crippen LogP contribution is -1.80. The Bertz CT molecular complexity index is 334. The van der Waals surface area contributed by atoms with Gasteiger partial charge < -0.3 is 0 Å². The second-order valence-electron chi connectivity index (χ2n) is 2.24. The average Bonchev–Trinajstić information content (AvgIpc) is 2.03. The number of pyridine rings is 1. The number of nitrogens with zero attached hydrogens (tertiary/aromatic N) is 1. The van der Waals surface area contributed by atoms with E-state index in [-0.39, 0.29) is 0 Å². The zero-order chi connectivity index (χ0) is 9.68. The Morgan fingerprint density at radius 3 is 2.46 bits per heavy atom. The molecule has 4 heteroatoms. The molecule has 1 nitrogen and oxygen atoms in total. The summed E-state index contributed by atoms with van der Waals surface area (Å²) in [7, 11) is 0. The standard InChI is InChI=1S/C9H6BrCl2N/c10-4-2-1-3-7-5-8(11)13-9(12)6-7/h5-6H,2,4H2. The first kappa shape index (κ1) is 10.8. The van der Waals surface area contributed by atoms with Gasteiger partial charge in [-0.3, -0.25) is 0 Å². The first-order valence-corrected chi connectivity index (χ1v) is 5.48. The fourth-order valence-corrected chi connectivity index (χ4v) is 1.41. The van der Waals surface area contributed by atoms with Gasteiger partial charge in [0.2, 0.25) is 0 Å². The molecule has 13 heavy (non-hydrogen) atoms. The molecule has 0 aliphatic carbocycles. The molecule has 0 aromatic carbocycles. The fraction of sp³-hybridized carbons (Fsp3) is 0.222. The van der Waals surface area contributed by atoms with Gasteiger partial charge in [0, 0.05) is 17.3 Å². The number of hydrogen-bond acceptors (Lipinski definition) is 1. The van der Waals surface area contributed by atoms with Crippen molar-refractivity contribution in [3.8, 4) is 11.8 Å². The van der Waals surface area contributed by atoms with E-state index in [0.717, 1.165) is 17.3 Å². The van der Waals surface area contributed by atoms with Crippen molar-refractivity contribution >= 4 is 39.1 Å². The van der Waals surface area contributed by atoms with Crippen LogP contribution in [0.2, 0.25) is 10.3 Å². The van der Waals surface area contributed by atoms with Crippen molar-refractivity contribution in [1.29, 1.82) is 0 Å². The van der Waals surface area contributed by atoms with Crippen LogP contribution in [0.25, 0.3) is 0 Å². The summed E-state index contributed by atoms with van der Waals surface area (Å²) in [5, 5.41) is 1.61. The number of hydrogen-bond donors (Lipinski definition) is 0. The van der Waals surface area contributed by atoms with Crippen LogP contribution in [0.4, 0.5) is 0 Å². The normalized spacial score (nSPS) is 9.15. The predicted molar refractivity (Wildman–Crippen MR) is 59.5 cm³/mol. The van der Waals surface area contributed by atoms with Gasteiger partial charge in [0.1, 0.15) is 10.3 Å². The Morgan fingerprint density at radius 1 is 1.31 bits per heavy atom. The Kier molecular flexibility index (Phi) is 4.58. The Balaban J connectivity index is 2.85. The van der Waals surface area contributed by atoms with Gasteiger partial charge in [-0.1, -0.05) is 51.0 Å². The molecule has 68 valence electrons. The van der Waals surface area contributed by atoms with Gasteiger partial charge in [0.15, 0.2) is 0 Å². The van der Waals surface area contributed by atoms with Gasteiger partial charge in [-0.05, 0) is 12.1 Å². The molecule has 0 N–H and O–H groups in total. The maximum absolute atomic E-state index is 5.69. The maximum atomic E-state index is 5.69. The second-order valence-corrected chi connectivity index (χ2v) is 3.81. The Hall–Kier alpha value is -0.230. The molecular weight excluding hydrogens is 273 g/mol. The van der Waals surface area contributed by atoms with E-state index in [1.54, 1.807) is 12.1 Å². The Labute approximate surface area is 95.6 Å². The van der Waals surface area contributed by atoms with Crippen molar-refractivity contribution in [3.05, 3.63) is 28.0 Å². The van der Waals surface area contributed by atoms with Crippen molar-refractivity contribution in [2.75, 3.05) is 5.33 Å². The molecule has 0 unspecified atom stereocenters. The van der Waals surface area contributed by atoms with Gasteiger partial charge in [-0.15, -0.1) is 0 Å². The third-order valence-electron chi connectivity index (χ3n) is 1.22. The molecule has 0 radical (unpaired) electrons. The van der Waals surface area contributed by atoms with Crippen LogP contribution < -0.4 is 0 Å². The molecule has 1 heterocycles. The highest BCUT2D eigenvalue weighted by Crippen LogP contribution is 2.13. The summed E-state index contributed by atoms with van der Waals surface area (Å²) in [6, 6.07) is 3.38. The van der Waals surface area contributed by atoms with Crippen LogP contribution in [-0.2, 0) is 0 Å². The van der Waals surface area contributed by atoms with E-state index in [2.05, 4.69) is 32.8 Å². The first-order chi connectivity index (χ1) is 6.22. The van der Waals surface area contributed by atoms with E-state index < -0.39 is 0 Å². The molecule has 0 bridgehead atoms. The first-order valence-electron chi connectivity index (χ1n) is 3.60. The summed E-state index contributed by atoms with van der Waals surface area (Å²) in [5.41, 5.74) is 0.797. The van der Waals surface area contributed by atoms with Crippen LogP contribution in [-0.4, -0.2) is 10.3 Å². The fourth-order valence-electron chi connectivity index (χ4n) is 0.749. The molecule has 0 aliphatic rings. The van der Waals surface area contributed by atoms with E-state index in [4.69, 9.17) is 23.2 Å². The van der Waals surface area contributed by atoms with E-state index >= 15 is 0 Å². The molecule has 0 saturated heterocycles. The highest BCUT2D eigenvalue weighted by Gasteiger charge is 1.95. The molecular formula is C9H6BrCl2N. The average molecular weight is 279 g/mol. The molecule has 1 aromatic rings. The van der Waals surface area contributed by atoms with Crippen LogP contribution in [0.1, 0.15) is 12.0 Å². The van der Waals surface area contributed by atoms with Crippen LogP contribution in [0, 0.1) is 11.8 Å². The third-order valence-corrected chi connectivity index (χ3v) is 2.00. The molecule has 0 atom stereocenters. The van der Waals surface area contributed by atoms with E-state index in [1.165, 1.54) is 0 Å². The SMILES string of the molecule is Clc1cc(C#CCCBr)cc(Cl)n1. The van der Waals surface area contributed by atoms with Crippen LogP contribution in [0.3, 0.4) is 0 Å². The second kappa shape index (κ2) is 5.49. The summed E-state index contributed by atoms with van der Waals surface area (Å²) >= 11 is 14.7. The zero-order valence-electron chi connectivity index (χ0n) is 6.65. The molecule has 0 fully saturated rings. The highest BCUT2D eigenvalue weighted by molar-refractivity contribution is 9.09. The van der Waals surface area contributed by atoms with Gasteiger partial charge in [-0.2, -0.15) is 0 Å². The lowest BCUT2D eigenvalue weighted by atomic mass is 10.3. The lowest BCUT2D eigenvalue weighted by molar-refractivity contribution is 1.30. The minimum absolute atomic E-state index is 0.371. The summed E-state index contributed by atoms with van der Waals surface area (Å²) in [6.45, 7) is 0. The molecule has 0 saturated carbocycles. The van der Waals surface area contributed by atoms with Gasteiger partial charge in [0.05, 0.1) is 0 Å². The van der Waals surface area contributed by atoms with Crippen molar-refractivity contribution in [2.45, 2.75) is 6.42 Å². The van der Waals surface area contributed by atoms with E-state index in [0.29, 0.717) is 10.3 Å². The maximum Gasteiger partial charge on any atom is 0.132 e. The topological polar surface area (TPSA) is 12.9 Å². The number of rotatable bonds is 1. The van der Waals surface area contributed by atoms with Crippen LogP contribution in [0.5, 0.6) is 0 Å². The molecule has 0 aliphatic heterocycles. The molecule has 1 aromatic heterocycles. The highest BCUT2D eigenvalue weighted by atomic mass is 79.9. The predicted octanol–water partition coefficient (Wildman–Crippen LogP) is 3.52. The summed E-state index contributed by atoms with van der Waals surface area (Å²) in [6.07, 6.45) is 0.803. The smallest absolute Gasteiger partial charge is 0.132 e. The Morgan fingerprint density at radius 2 is 1.92 bits per heavy atom. The van der Waals surface area contributed by atoms with Gasteiger partial charge in [0.25, 0.3) is 0 Å². The monoisotopic (exact) mass is 277 g/mol. The van der Waals surface area contributed by atoms with Crippen molar-refractivity contribution in [2.24, 2.45) is 0 Å². The van der Waals surface area contributed by atoms with Crippen LogP contribution >= 0.6 is 39.1 Å². The number of aromatic nitrogens is 1. The zero-order valence-corrected chi connectivity index (χ0v) is 9.75. The van der Waals surface area contributed by atoms with Gasteiger partial charge >= 0.3 is 0 Å². The van der Waals surface area contributed by atoms with E-state index in [1.807, 2.05) is 0 Å². The summed E-state index contributed by atoms with van der Waals surface area (Å²) in [4.78, 5) is 3.82. The molecule has 1 rings (SSSR count). The van der Waals surface area contributed by atoms with Gasteiger partial charge in [-0.25, -0.2) is 4.98 Å². The molecule has 0 amide bonds. The van der Waals surface area contributed by atoms with Crippen molar-refractivity contribution in [3.63, 3.8) is 0 Å². The largest absolute Gasteiger partial charge is 0.224 e. The van der Waals surface area contributed by atoms with Crippen molar-refractivity contribution < 1.29 is 0 Å². The quantitative estimate of drug-likeness (QED) is 0.435. The third kappa shape index (κ3) is 3.99. The lowest BCUT2D eigenvalue weighted by Gasteiger charge is -1.93. The summed E-state index contributed by atoms with van der Waals surface area (Å²) < 4.78 is 0. The summed E-state index contributed by atoms with van der Waals surface area (Å²) in [5.74, 6) is 5.90.